The maximum atomic E-state index is 12.9. The van der Waals surface area contributed by atoms with E-state index in [2.05, 4.69) is 22.6 Å². The third-order valence-corrected chi connectivity index (χ3v) is 5.26. The number of amides is 2. The molecule has 5 nitrogen and oxygen atoms in total. The molecule has 130 valence electrons. The highest BCUT2D eigenvalue weighted by Gasteiger charge is 2.41. The number of ether oxygens (including phenoxy) is 1. The third kappa shape index (κ3) is 4.78. The Balaban J connectivity index is 3.02. The summed E-state index contributed by atoms with van der Waals surface area (Å²) in [5, 5.41) is 0. The normalized spacial score (nSPS) is 21.5. The molecule has 6 heteroatoms. The molecule has 1 heterocycles. The Morgan fingerprint density at radius 2 is 2.00 bits per heavy atom. The molecule has 3 atom stereocenters. The lowest BCUT2D eigenvalue weighted by Crippen LogP contribution is -2.47. The maximum absolute atomic E-state index is 12.9. The van der Waals surface area contributed by atoms with E-state index in [4.69, 9.17) is 4.74 Å². The highest BCUT2D eigenvalue weighted by atomic mass is 127. The van der Waals surface area contributed by atoms with E-state index in [9.17, 15) is 14.4 Å². The van der Waals surface area contributed by atoms with Gasteiger partial charge < -0.3 is 4.74 Å². The molecular weight excluding hydrogens is 409 g/mol. The maximum Gasteiger partial charge on any atom is 0.306 e. The number of halogens is 1. The van der Waals surface area contributed by atoms with Crippen LogP contribution in [0.2, 0.25) is 0 Å². The van der Waals surface area contributed by atoms with Crippen LogP contribution in [-0.2, 0) is 19.1 Å². The number of esters is 1. The van der Waals surface area contributed by atoms with Crippen LogP contribution in [0.1, 0.15) is 53.9 Å². The van der Waals surface area contributed by atoms with Gasteiger partial charge in [-0.25, -0.2) is 0 Å². The summed E-state index contributed by atoms with van der Waals surface area (Å²) in [6.45, 7) is 9.30. The van der Waals surface area contributed by atoms with E-state index in [1.54, 1.807) is 17.9 Å². The number of hydrogen-bond donors (Lipinski definition) is 0. The predicted molar refractivity (Wildman–Crippen MR) is 96.8 cm³/mol. The van der Waals surface area contributed by atoms with Gasteiger partial charge in [0.1, 0.15) is 6.10 Å². The first-order chi connectivity index (χ1) is 10.7. The molecule has 23 heavy (non-hydrogen) atoms. The molecule has 0 radical (unpaired) electrons. The molecule has 2 amide bonds. The van der Waals surface area contributed by atoms with Crippen LogP contribution in [0.15, 0.2) is 9.66 Å². The van der Waals surface area contributed by atoms with Crippen LogP contribution in [0.25, 0.3) is 0 Å². The SMILES string of the molecule is CCC(=O)O[C@H](/C(C)=C/I)[C@@H](C)C(=O)N1C(=O)CC[C@@H]1C(C)C. The second-order valence-corrected chi connectivity index (χ2v) is 6.98. The summed E-state index contributed by atoms with van der Waals surface area (Å²) in [6, 6.07) is -0.0659. The molecule has 0 aliphatic carbocycles. The molecular formula is C17H26INO4. The Bertz CT molecular complexity index is 501. The molecule has 0 unspecified atom stereocenters. The Hall–Kier alpha value is -0.920. The van der Waals surface area contributed by atoms with Crippen molar-refractivity contribution < 1.29 is 19.1 Å². The first-order valence-corrected chi connectivity index (χ1v) is 9.31. The highest BCUT2D eigenvalue weighted by molar-refractivity contribution is 14.1. The monoisotopic (exact) mass is 435 g/mol. The van der Waals surface area contributed by atoms with E-state index in [0.717, 1.165) is 5.57 Å². The number of imide groups is 1. The minimum absolute atomic E-state index is 0.0659. The number of rotatable bonds is 6. The third-order valence-electron chi connectivity index (χ3n) is 4.27. The molecule has 0 saturated carbocycles. The minimum atomic E-state index is -0.631. The van der Waals surface area contributed by atoms with E-state index >= 15 is 0 Å². The van der Waals surface area contributed by atoms with Crippen LogP contribution >= 0.6 is 22.6 Å². The molecule has 1 saturated heterocycles. The summed E-state index contributed by atoms with van der Waals surface area (Å²) in [5.41, 5.74) is 0.806. The van der Waals surface area contributed by atoms with Crippen molar-refractivity contribution in [1.29, 1.82) is 0 Å². The van der Waals surface area contributed by atoms with Gasteiger partial charge in [0.2, 0.25) is 11.8 Å². The zero-order valence-electron chi connectivity index (χ0n) is 14.5. The van der Waals surface area contributed by atoms with Crippen molar-refractivity contribution in [2.24, 2.45) is 11.8 Å². The lowest BCUT2D eigenvalue weighted by Gasteiger charge is -2.31. The van der Waals surface area contributed by atoms with Crippen LogP contribution in [0.5, 0.6) is 0 Å². The molecule has 0 spiro atoms. The van der Waals surface area contributed by atoms with Gasteiger partial charge in [0, 0.05) is 18.9 Å². The van der Waals surface area contributed by atoms with Crippen molar-refractivity contribution in [2.45, 2.75) is 66.0 Å². The van der Waals surface area contributed by atoms with Gasteiger partial charge in [-0.1, -0.05) is 43.4 Å². The molecule has 1 rings (SSSR count). The average molecular weight is 435 g/mol. The Morgan fingerprint density at radius 1 is 1.39 bits per heavy atom. The summed E-state index contributed by atoms with van der Waals surface area (Å²) in [5.74, 6) is -1.09. The molecule has 1 aliphatic rings. The van der Waals surface area contributed by atoms with Crippen molar-refractivity contribution in [3.05, 3.63) is 9.66 Å². The standard InChI is InChI=1S/C17H26INO4/c1-6-15(21)23-16(11(4)9-18)12(5)17(22)19-13(10(2)3)7-8-14(19)20/h9-10,12-13,16H,6-8H2,1-5H3/b11-9+/t12-,13-,16-/m1/s1. The van der Waals surface area contributed by atoms with Crippen molar-refractivity contribution in [1.82, 2.24) is 4.90 Å². The van der Waals surface area contributed by atoms with Gasteiger partial charge in [-0.2, -0.15) is 0 Å². The molecule has 0 aromatic rings. The molecule has 0 bridgehead atoms. The predicted octanol–water partition coefficient (Wildman–Crippen LogP) is 3.46. The van der Waals surface area contributed by atoms with Gasteiger partial charge >= 0.3 is 5.97 Å². The quantitative estimate of drug-likeness (QED) is 0.474. The lowest BCUT2D eigenvalue weighted by molar-refractivity contribution is -0.155. The van der Waals surface area contributed by atoms with E-state index in [-0.39, 0.29) is 36.2 Å². The second-order valence-electron chi connectivity index (χ2n) is 6.36. The fourth-order valence-corrected chi connectivity index (χ4v) is 3.20. The summed E-state index contributed by atoms with van der Waals surface area (Å²) >= 11 is 2.07. The lowest BCUT2D eigenvalue weighted by atomic mass is 9.95. The molecule has 1 aliphatic heterocycles. The summed E-state index contributed by atoms with van der Waals surface area (Å²) in [6.07, 6.45) is 0.730. The number of carbonyl (C=O) groups excluding carboxylic acids is 3. The van der Waals surface area contributed by atoms with Crippen LogP contribution in [0.4, 0.5) is 0 Å². The fourth-order valence-electron chi connectivity index (χ4n) is 2.85. The van der Waals surface area contributed by atoms with E-state index < -0.39 is 12.0 Å². The fraction of sp³-hybridized carbons (Fsp3) is 0.706. The first-order valence-electron chi connectivity index (χ1n) is 8.06. The van der Waals surface area contributed by atoms with Crippen molar-refractivity contribution in [2.75, 3.05) is 0 Å². The Labute approximate surface area is 152 Å². The topological polar surface area (TPSA) is 63.7 Å². The van der Waals surface area contributed by atoms with Gasteiger partial charge in [0.15, 0.2) is 0 Å². The highest BCUT2D eigenvalue weighted by Crippen LogP contribution is 2.29. The van der Waals surface area contributed by atoms with E-state index in [0.29, 0.717) is 12.8 Å². The van der Waals surface area contributed by atoms with Crippen LogP contribution in [0, 0.1) is 11.8 Å². The van der Waals surface area contributed by atoms with Crippen LogP contribution < -0.4 is 0 Å². The summed E-state index contributed by atoms with van der Waals surface area (Å²) in [4.78, 5) is 38.1. The largest absolute Gasteiger partial charge is 0.457 e. The number of hydrogen-bond acceptors (Lipinski definition) is 4. The van der Waals surface area contributed by atoms with Crippen molar-refractivity contribution >= 4 is 40.4 Å². The van der Waals surface area contributed by atoms with Gasteiger partial charge in [0.05, 0.1) is 5.92 Å². The molecule has 0 aromatic carbocycles. The molecule has 1 fully saturated rings. The number of nitrogens with zero attached hydrogens (tertiary/aromatic N) is 1. The van der Waals surface area contributed by atoms with E-state index in [1.165, 1.54) is 4.90 Å². The average Bonchev–Trinajstić information content (AvgIpc) is 2.91. The summed E-state index contributed by atoms with van der Waals surface area (Å²) in [7, 11) is 0. The zero-order valence-corrected chi connectivity index (χ0v) is 16.6. The van der Waals surface area contributed by atoms with Crippen LogP contribution in [0.3, 0.4) is 0 Å². The van der Waals surface area contributed by atoms with Gasteiger partial charge in [-0.05, 0) is 35.8 Å². The molecule has 0 N–H and O–H groups in total. The smallest absolute Gasteiger partial charge is 0.306 e. The van der Waals surface area contributed by atoms with E-state index in [1.807, 2.05) is 20.8 Å². The Morgan fingerprint density at radius 3 is 2.48 bits per heavy atom. The second kappa shape index (κ2) is 8.80. The van der Waals surface area contributed by atoms with Gasteiger partial charge in [-0.15, -0.1) is 0 Å². The first kappa shape index (κ1) is 20.1. The Kier molecular flexibility index (Phi) is 7.70. The van der Waals surface area contributed by atoms with Gasteiger partial charge in [0.25, 0.3) is 0 Å². The minimum Gasteiger partial charge on any atom is -0.457 e. The number of likely N-dealkylation sites (tertiary alicyclic amines) is 1. The molecule has 0 aromatic heterocycles. The zero-order chi connectivity index (χ0) is 17.7. The van der Waals surface area contributed by atoms with Crippen molar-refractivity contribution in [3.63, 3.8) is 0 Å². The van der Waals surface area contributed by atoms with Crippen LogP contribution in [-0.4, -0.2) is 34.8 Å². The number of carbonyl (C=O) groups is 3. The summed E-state index contributed by atoms with van der Waals surface area (Å²) < 4.78 is 7.26. The van der Waals surface area contributed by atoms with Gasteiger partial charge in [-0.3, -0.25) is 19.3 Å². The van der Waals surface area contributed by atoms with Crippen molar-refractivity contribution in [3.8, 4) is 0 Å².